The van der Waals surface area contributed by atoms with Crippen molar-refractivity contribution in [3.05, 3.63) is 83.7 Å². The van der Waals surface area contributed by atoms with Crippen LogP contribution in [-0.4, -0.2) is 27.6 Å². The van der Waals surface area contributed by atoms with Crippen LogP contribution in [0.1, 0.15) is 28.4 Å². The van der Waals surface area contributed by atoms with Gasteiger partial charge in [0.1, 0.15) is 5.54 Å². The molecule has 0 saturated carbocycles. The smallest absolute Gasteiger partial charge is 0.322 e. The second-order valence-corrected chi connectivity index (χ2v) is 6.98. The third kappa shape index (κ3) is 3.73. The quantitative estimate of drug-likeness (QED) is 0.582. The van der Waals surface area contributed by atoms with Crippen molar-refractivity contribution in [1.82, 2.24) is 20.4 Å². The maximum atomic E-state index is 12.6. The molecule has 4 amide bonds. The number of amides is 4. The van der Waals surface area contributed by atoms with Crippen LogP contribution in [-0.2, 0) is 16.9 Å². The van der Waals surface area contributed by atoms with E-state index < -0.39 is 17.5 Å². The molecule has 4 rings (SSSR count). The summed E-state index contributed by atoms with van der Waals surface area (Å²) >= 11 is 0. The van der Waals surface area contributed by atoms with Crippen LogP contribution < -0.4 is 16.0 Å². The Morgan fingerprint density at radius 3 is 2.66 bits per heavy atom. The monoisotopic (exact) mass is 389 g/mol. The van der Waals surface area contributed by atoms with Gasteiger partial charge in [-0.1, -0.05) is 42.5 Å². The molecule has 3 aromatic rings. The summed E-state index contributed by atoms with van der Waals surface area (Å²) in [6.45, 7) is 2.18. The van der Waals surface area contributed by atoms with Gasteiger partial charge in [-0.3, -0.25) is 19.6 Å². The molecule has 0 unspecified atom stereocenters. The number of nitrogens with one attached hydrogen (secondary N) is 3. The third-order valence-corrected chi connectivity index (χ3v) is 4.83. The molecule has 146 valence electrons. The van der Waals surface area contributed by atoms with Crippen molar-refractivity contribution in [1.29, 1.82) is 0 Å². The Kier molecular flexibility index (Phi) is 4.59. The SMILES string of the molecule is C[C@]1(c2cccc(NC(=O)c3cnn(Cc4ccccc4)c3)c2)NC(=O)NC1=O. The molecule has 8 heteroatoms. The molecule has 0 spiro atoms. The van der Waals surface area contributed by atoms with E-state index in [2.05, 4.69) is 21.0 Å². The summed E-state index contributed by atoms with van der Waals surface area (Å²) in [7, 11) is 0. The Morgan fingerprint density at radius 1 is 1.14 bits per heavy atom. The number of nitrogens with zero attached hydrogens (tertiary/aromatic N) is 2. The van der Waals surface area contributed by atoms with Crippen LogP contribution in [0.15, 0.2) is 67.0 Å². The number of aromatic nitrogens is 2. The molecule has 3 N–H and O–H groups in total. The summed E-state index contributed by atoms with van der Waals surface area (Å²) in [5, 5.41) is 11.9. The minimum Gasteiger partial charge on any atom is -0.322 e. The van der Waals surface area contributed by atoms with Gasteiger partial charge in [-0.2, -0.15) is 5.10 Å². The van der Waals surface area contributed by atoms with Gasteiger partial charge in [0.2, 0.25) is 0 Å². The zero-order chi connectivity index (χ0) is 20.4. The maximum Gasteiger partial charge on any atom is 0.322 e. The predicted molar refractivity (Wildman–Crippen MR) is 106 cm³/mol. The molecular formula is C21H19N5O3. The molecule has 1 aromatic heterocycles. The molecule has 1 atom stereocenters. The summed E-state index contributed by atoms with van der Waals surface area (Å²) in [4.78, 5) is 36.2. The number of carbonyl (C=O) groups excluding carboxylic acids is 3. The highest BCUT2D eigenvalue weighted by molar-refractivity contribution is 6.07. The van der Waals surface area contributed by atoms with Gasteiger partial charge in [-0.25, -0.2) is 4.79 Å². The summed E-state index contributed by atoms with van der Waals surface area (Å²) < 4.78 is 1.69. The zero-order valence-electron chi connectivity index (χ0n) is 15.7. The molecule has 0 bridgehead atoms. The number of rotatable bonds is 5. The topological polar surface area (TPSA) is 105 Å². The van der Waals surface area contributed by atoms with Gasteiger partial charge in [-0.15, -0.1) is 0 Å². The highest BCUT2D eigenvalue weighted by Crippen LogP contribution is 2.26. The van der Waals surface area contributed by atoms with Crippen molar-refractivity contribution in [3.63, 3.8) is 0 Å². The van der Waals surface area contributed by atoms with Gasteiger partial charge >= 0.3 is 6.03 Å². The van der Waals surface area contributed by atoms with E-state index in [0.717, 1.165) is 5.56 Å². The van der Waals surface area contributed by atoms with E-state index in [-0.39, 0.29) is 5.91 Å². The lowest BCUT2D eigenvalue weighted by Crippen LogP contribution is -2.40. The van der Waals surface area contributed by atoms with Gasteiger partial charge in [0.05, 0.1) is 18.3 Å². The van der Waals surface area contributed by atoms with Crippen LogP contribution in [0.2, 0.25) is 0 Å². The molecule has 8 nitrogen and oxygen atoms in total. The van der Waals surface area contributed by atoms with E-state index in [1.165, 1.54) is 6.20 Å². The number of hydrogen-bond donors (Lipinski definition) is 3. The number of benzene rings is 2. The standard InChI is InChI=1S/C21H19N5O3/c1-21(19(28)24-20(29)25-21)16-8-5-9-17(10-16)23-18(27)15-11-22-26(13-15)12-14-6-3-2-4-7-14/h2-11,13H,12H2,1H3,(H,23,27)(H2,24,25,28,29)/t21-/m1/s1. The van der Waals surface area contributed by atoms with E-state index in [9.17, 15) is 14.4 Å². The van der Waals surface area contributed by atoms with Crippen LogP contribution in [0, 0.1) is 0 Å². The maximum absolute atomic E-state index is 12.6. The Balaban J connectivity index is 1.48. The Labute approximate surface area is 166 Å². The van der Waals surface area contributed by atoms with E-state index in [1.54, 1.807) is 42.1 Å². The second-order valence-electron chi connectivity index (χ2n) is 6.98. The van der Waals surface area contributed by atoms with Gasteiger partial charge in [0.25, 0.3) is 11.8 Å². The van der Waals surface area contributed by atoms with Crippen LogP contribution >= 0.6 is 0 Å². The van der Waals surface area contributed by atoms with Gasteiger partial charge < -0.3 is 10.6 Å². The minimum absolute atomic E-state index is 0.313. The minimum atomic E-state index is -1.18. The Hall–Kier alpha value is -3.94. The van der Waals surface area contributed by atoms with Crippen molar-refractivity contribution in [3.8, 4) is 0 Å². The van der Waals surface area contributed by atoms with Crippen LogP contribution in [0.25, 0.3) is 0 Å². The molecule has 29 heavy (non-hydrogen) atoms. The van der Waals surface area contributed by atoms with Crippen molar-refractivity contribution < 1.29 is 14.4 Å². The number of anilines is 1. The van der Waals surface area contributed by atoms with Crippen LogP contribution in [0.4, 0.5) is 10.5 Å². The van der Waals surface area contributed by atoms with E-state index in [4.69, 9.17) is 0 Å². The summed E-state index contributed by atoms with van der Waals surface area (Å²) in [6, 6.07) is 16.1. The fourth-order valence-electron chi connectivity index (χ4n) is 3.20. The normalized spacial score (nSPS) is 18.2. The average molecular weight is 389 g/mol. The highest BCUT2D eigenvalue weighted by Gasteiger charge is 2.43. The van der Waals surface area contributed by atoms with E-state index in [0.29, 0.717) is 23.4 Å². The summed E-state index contributed by atoms with van der Waals surface area (Å²) in [6.07, 6.45) is 3.19. The molecule has 1 fully saturated rings. The fraction of sp³-hybridized carbons (Fsp3) is 0.143. The molecule has 0 radical (unpaired) electrons. The first-order valence-corrected chi connectivity index (χ1v) is 9.06. The lowest BCUT2D eigenvalue weighted by molar-refractivity contribution is -0.123. The largest absolute Gasteiger partial charge is 0.322 e. The molecular weight excluding hydrogens is 370 g/mol. The predicted octanol–water partition coefficient (Wildman–Crippen LogP) is 2.24. The number of urea groups is 1. The Bertz CT molecular complexity index is 1090. The molecule has 1 saturated heterocycles. The molecule has 1 aliphatic rings. The lowest BCUT2D eigenvalue weighted by atomic mass is 9.92. The second kappa shape index (κ2) is 7.23. The number of imide groups is 1. The molecule has 0 aliphatic carbocycles. The first-order chi connectivity index (χ1) is 13.9. The van der Waals surface area contributed by atoms with Crippen LogP contribution in [0.3, 0.4) is 0 Å². The Morgan fingerprint density at radius 2 is 1.93 bits per heavy atom. The van der Waals surface area contributed by atoms with E-state index in [1.807, 2.05) is 30.3 Å². The summed E-state index contributed by atoms with van der Waals surface area (Å²) in [5.74, 6) is -0.750. The average Bonchev–Trinajstić information content (AvgIpc) is 3.27. The van der Waals surface area contributed by atoms with Gasteiger partial charge in [-0.05, 0) is 30.2 Å². The van der Waals surface area contributed by atoms with Crippen molar-refractivity contribution in [2.75, 3.05) is 5.32 Å². The van der Waals surface area contributed by atoms with Crippen molar-refractivity contribution in [2.24, 2.45) is 0 Å². The fourth-order valence-corrected chi connectivity index (χ4v) is 3.20. The first kappa shape index (κ1) is 18.4. The zero-order valence-corrected chi connectivity index (χ0v) is 15.7. The van der Waals surface area contributed by atoms with Gasteiger partial charge in [0, 0.05) is 11.9 Å². The lowest BCUT2D eigenvalue weighted by Gasteiger charge is -2.21. The third-order valence-electron chi connectivity index (χ3n) is 4.83. The first-order valence-electron chi connectivity index (χ1n) is 9.06. The summed E-state index contributed by atoms with van der Waals surface area (Å²) in [5.41, 5.74) is 1.40. The molecule has 1 aliphatic heterocycles. The van der Waals surface area contributed by atoms with Crippen LogP contribution in [0.5, 0.6) is 0 Å². The highest BCUT2D eigenvalue weighted by atomic mass is 16.2. The van der Waals surface area contributed by atoms with E-state index >= 15 is 0 Å². The molecule has 2 aromatic carbocycles. The van der Waals surface area contributed by atoms with Crippen molar-refractivity contribution in [2.45, 2.75) is 19.0 Å². The number of carbonyl (C=O) groups is 3. The molecule has 2 heterocycles. The van der Waals surface area contributed by atoms with Crippen molar-refractivity contribution >= 4 is 23.5 Å². The number of hydrogen-bond acceptors (Lipinski definition) is 4. The van der Waals surface area contributed by atoms with Gasteiger partial charge in [0.15, 0.2) is 0 Å².